The highest BCUT2D eigenvalue weighted by molar-refractivity contribution is 5.92. The van der Waals surface area contributed by atoms with Gasteiger partial charge < -0.3 is 14.5 Å². The number of carbonyl (C=O) groups excluding carboxylic acids is 2. The molecule has 1 heterocycles. The third-order valence-electron chi connectivity index (χ3n) is 5.51. The van der Waals surface area contributed by atoms with Crippen LogP contribution >= 0.6 is 0 Å². The van der Waals surface area contributed by atoms with E-state index < -0.39 is 10.9 Å². The fraction of sp³-hybridized carbons (Fsp3) is 0.364. The lowest BCUT2D eigenvalue weighted by Gasteiger charge is -2.37. The van der Waals surface area contributed by atoms with Gasteiger partial charge in [-0.25, -0.2) is 4.79 Å². The maximum atomic E-state index is 12.4. The first-order valence-electron chi connectivity index (χ1n) is 9.79. The van der Waals surface area contributed by atoms with Gasteiger partial charge >= 0.3 is 5.97 Å². The van der Waals surface area contributed by atoms with Crippen molar-refractivity contribution in [3.05, 3.63) is 68.8 Å². The van der Waals surface area contributed by atoms with Crippen LogP contribution in [0.5, 0.6) is 0 Å². The van der Waals surface area contributed by atoms with Crippen LogP contribution in [0, 0.1) is 30.9 Å². The number of nitro benzene ring substituents is 1. The van der Waals surface area contributed by atoms with Crippen LogP contribution in [0.2, 0.25) is 0 Å². The molecule has 3 rings (SSSR count). The minimum Gasteiger partial charge on any atom is -0.452 e. The maximum absolute atomic E-state index is 12.4. The molecule has 0 spiro atoms. The number of aryl methyl sites for hydroxylation is 2. The van der Waals surface area contributed by atoms with Crippen molar-refractivity contribution in [2.45, 2.75) is 20.8 Å². The van der Waals surface area contributed by atoms with E-state index in [9.17, 15) is 19.7 Å². The number of hydrogen-bond donors (Lipinski definition) is 0. The molecule has 1 amide bonds. The second-order valence-corrected chi connectivity index (χ2v) is 7.42. The van der Waals surface area contributed by atoms with Crippen LogP contribution in [0.1, 0.15) is 27.0 Å². The molecule has 0 aromatic heterocycles. The summed E-state index contributed by atoms with van der Waals surface area (Å²) in [5.41, 5.74) is 4.14. The third kappa shape index (κ3) is 4.59. The van der Waals surface area contributed by atoms with E-state index in [1.165, 1.54) is 35.0 Å². The molecule has 0 aliphatic carbocycles. The largest absolute Gasteiger partial charge is 0.452 e. The Bertz CT molecular complexity index is 981. The summed E-state index contributed by atoms with van der Waals surface area (Å²) >= 11 is 0. The Morgan fingerprint density at radius 2 is 1.73 bits per heavy atom. The second kappa shape index (κ2) is 8.94. The number of piperazine rings is 1. The number of hydrogen-bond acceptors (Lipinski definition) is 6. The summed E-state index contributed by atoms with van der Waals surface area (Å²) in [6.07, 6.45) is 0. The van der Waals surface area contributed by atoms with Crippen molar-refractivity contribution in [2.75, 3.05) is 37.7 Å². The summed E-state index contributed by atoms with van der Waals surface area (Å²) < 4.78 is 5.13. The first-order valence-corrected chi connectivity index (χ1v) is 9.79. The van der Waals surface area contributed by atoms with Crippen molar-refractivity contribution in [3.8, 4) is 0 Å². The highest BCUT2D eigenvalue weighted by Crippen LogP contribution is 2.24. The van der Waals surface area contributed by atoms with Gasteiger partial charge in [0.1, 0.15) is 0 Å². The molecule has 8 heteroatoms. The highest BCUT2D eigenvalue weighted by Gasteiger charge is 2.23. The molecule has 158 valence electrons. The van der Waals surface area contributed by atoms with Crippen LogP contribution in [-0.2, 0) is 9.53 Å². The van der Waals surface area contributed by atoms with Crippen molar-refractivity contribution in [3.63, 3.8) is 0 Å². The molecule has 0 radical (unpaired) electrons. The fourth-order valence-electron chi connectivity index (χ4n) is 3.56. The van der Waals surface area contributed by atoms with Gasteiger partial charge in [-0.05, 0) is 50.1 Å². The molecule has 0 unspecified atom stereocenters. The second-order valence-electron chi connectivity index (χ2n) is 7.42. The van der Waals surface area contributed by atoms with Crippen molar-refractivity contribution in [1.82, 2.24) is 4.90 Å². The zero-order valence-electron chi connectivity index (χ0n) is 17.4. The lowest BCUT2D eigenvalue weighted by Crippen LogP contribution is -2.50. The summed E-state index contributed by atoms with van der Waals surface area (Å²) in [6.45, 7) is 7.92. The standard InChI is InChI=1S/C22H25N3O5/c1-15-5-4-6-20(17(15)3)23-9-11-24(12-10-23)21(26)14-30-22(27)18-7-8-19(25(28)29)16(2)13-18/h4-8,13H,9-12,14H2,1-3H3. The minimum absolute atomic E-state index is 0.0654. The third-order valence-corrected chi connectivity index (χ3v) is 5.51. The quantitative estimate of drug-likeness (QED) is 0.427. The molecule has 2 aromatic rings. The van der Waals surface area contributed by atoms with Crippen molar-refractivity contribution < 1.29 is 19.2 Å². The Morgan fingerprint density at radius 1 is 1.03 bits per heavy atom. The van der Waals surface area contributed by atoms with E-state index in [0.717, 1.165) is 0 Å². The van der Waals surface area contributed by atoms with Gasteiger partial charge in [0.25, 0.3) is 11.6 Å². The molecule has 0 N–H and O–H groups in total. The SMILES string of the molecule is Cc1cc(C(=O)OCC(=O)N2CCN(c3cccc(C)c3C)CC2)ccc1[N+](=O)[O-]. The Labute approximate surface area is 175 Å². The molecule has 8 nitrogen and oxygen atoms in total. The van der Waals surface area contributed by atoms with E-state index in [1.54, 1.807) is 11.8 Å². The molecule has 0 saturated carbocycles. The predicted octanol–water partition coefficient (Wildman–Crippen LogP) is 3.03. The molecule has 1 aliphatic heterocycles. The van der Waals surface area contributed by atoms with Crippen LogP contribution < -0.4 is 4.90 Å². The van der Waals surface area contributed by atoms with Crippen LogP contribution in [0.4, 0.5) is 11.4 Å². The maximum Gasteiger partial charge on any atom is 0.338 e. The van der Waals surface area contributed by atoms with Gasteiger partial charge in [-0.3, -0.25) is 14.9 Å². The lowest BCUT2D eigenvalue weighted by molar-refractivity contribution is -0.385. The first kappa shape index (κ1) is 21.3. The van der Waals surface area contributed by atoms with Crippen molar-refractivity contribution in [2.24, 2.45) is 0 Å². The summed E-state index contributed by atoms with van der Waals surface area (Å²) in [4.78, 5) is 39.0. The van der Waals surface area contributed by atoms with Gasteiger partial charge in [0.05, 0.1) is 10.5 Å². The molecular weight excluding hydrogens is 386 g/mol. The topological polar surface area (TPSA) is 93.0 Å². The number of anilines is 1. The molecule has 1 fully saturated rings. The number of amides is 1. The van der Waals surface area contributed by atoms with Gasteiger partial charge in [0.15, 0.2) is 6.61 Å². The van der Waals surface area contributed by atoms with Gasteiger partial charge in [0, 0.05) is 43.5 Å². The van der Waals surface area contributed by atoms with Crippen LogP contribution in [0.25, 0.3) is 0 Å². The van der Waals surface area contributed by atoms with Gasteiger partial charge in [-0.2, -0.15) is 0 Å². The number of benzene rings is 2. The van der Waals surface area contributed by atoms with E-state index >= 15 is 0 Å². The normalized spacial score (nSPS) is 13.8. The Morgan fingerprint density at radius 3 is 2.37 bits per heavy atom. The van der Waals surface area contributed by atoms with E-state index in [2.05, 4.69) is 30.9 Å². The number of ether oxygens (including phenoxy) is 1. The monoisotopic (exact) mass is 411 g/mol. The predicted molar refractivity (Wildman–Crippen MR) is 113 cm³/mol. The molecule has 0 atom stereocenters. The fourth-order valence-corrected chi connectivity index (χ4v) is 3.56. The number of nitro groups is 1. The van der Waals surface area contributed by atoms with Crippen LogP contribution in [0.3, 0.4) is 0 Å². The van der Waals surface area contributed by atoms with E-state index in [4.69, 9.17) is 4.74 Å². The first-order chi connectivity index (χ1) is 14.3. The molecular formula is C22H25N3O5. The summed E-state index contributed by atoms with van der Waals surface area (Å²) in [6, 6.07) is 10.2. The molecule has 0 bridgehead atoms. The minimum atomic E-state index is -0.671. The van der Waals surface area contributed by atoms with Crippen LogP contribution in [-0.4, -0.2) is 54.5 Å². The summed E-state index contributed by atoms with van der Waals surface area (Å²) in [7, 11) is 0. The van der Waals surface area contributed by atoms with E-state index in [-0.39, 0.29) is 23.8 Å². The molecule has 1 aliphatic rings. The highest BCUT2D eigenvalue weighted by atomic mass is 16.6. The number of rotatable bonds is 5. The van der Waals surface area contributed by atoms with Gasteiger partial charge in [-0.15, -0.1) is 0 Å². The zero-order valence-corrected chi connectivity index (χ0v) is 17.4. The van der Waals surface area contributed by atoms with Crippen molar-refractivity contribution in [1.29, 1.82) is 0 Å². The van der Waals surface area contributed by atoms with E-state index in [1.807, 2.05) is 6.07 Å². The van der Waals surface area contributed by atoms with E-state index in [0.29, 0.717) is 31.7 Å². The van der Waals surface area contributed by atoms with Gasteiger partial charge in [-0.1, -0.05) is 12.1 Å². The average Bonchev–Trinajstić information content (AvgIpc) is 2.73. The summed E-state index contributed by atoms with van der Waals surface area (Å²) in [5, 5.41) is 10.9. The smallest absolute Gasteiger partial charge is 0.338 e. The Balaban J connectivity index is 1.52. The van der Waals surface area contributed by atoms with Gasteiger partial charge in [0.2, 0.25) is 0 Å². The zero-order chi connectivity index (χ0) is 21.8. The van der Waals surface area contributed by atoms with Crippen molar-refractivity contribution >= 4 is 23.3 Å². The number of nitrogens with zero attached hydrogens (tertiary/aromatic N) is 3. The lowest BCUT2D eigenvalue weighted by atomic mass is 10.1. The Hall–Kier alpha value is -3.42. The number of esters is 1. The average molecular weight is 411 g/mol. The molecule has 2 aromatic carbocycles. The molecule has 30 heavy (non-hydrogen) atoms. The van der Waals surface area contributed by atoms with Crippen LogP contribution in [0.15, 0.2) is 36.4 Å². The number of carbonyl (C=O) groups is 2. The summed E-state index contributed by atoms with van der Waals surface area (Å²) in [5.74, 6) is -0.919. The Kier molecular flexibility index (Phi) is 6.34. The molecule has 1 saturated heterocycles.